The van der Waals surface area contributed by atoms with Crippen LogP contribution in [0.25, 0.3) is 0 Å². The third-order valence-corrected chi connectivity index (χ3v) is 4.15. The van der Waals surface area contributed by atoms with Crippen molar-refractivity contribution in [2.75, 3.05) is 10.6 Å². The van der Waals surface area contributed by atoms with Crippen molar-refractivity contribution in [1.29, 1.82) is 0 Å². The van der Waals surface area contributed by atoms with Gasteiger partial charge >= 0.3 is 0 Å². The Bertz CT molecular complexity index is 1010. The van der Waals surface area contributed by atoms with Crippen molar-refractivity contribution in [3.63, 3.8) is 0 Å². The van der Waals surface area contributed by atoms with Gasteiger partial charge in [0.25, 0.3) is 11.8 Å². The third-order valence-electron chi connectivity index (χ3n) is 4.15. The van der Waals surface area contributed by atoms with E-state index in [4.69, 9.17) is 4.74 Å². The Balaban J connectivity index is 1.63. The van der Waals surface area contributed by atoms with Gasteiger partial charge in [-0.1, -0.05) is 23.8 Å². The van der Waals surface area contributed by atoms with Gasteiger partial charge < -0.3 is 15.4 Å². The van der Waals surface area contributed by atoms with Gasteiger partial charge in [0.15, 0.2) is 0 Å². The number of carbonyl (C=O) groups is 2. The summed E-state index contributed by atoms with van der Waals surface area (Å²) >= 11 is 0. The minimum absolute atomic E-state index is 0.0378. The zero-order chi connectivity index (χ0) is 20.8. The molecule has 0 atom stereocenters. The molecular weight excluding hydrogens is 364 g/mol. The Morgan fingerprint density at radius 2 is 1.28 bits per heavy atom. The van der Waals surface area contributed by atoms with E-state index in [-0.39, 0.29) is 17.9 Å². The van der Waals surface area contributed by atoms with Crippen LogP contribution in [0.2, 0.25) is 0 Å². The standard InChI is InChI=1S/C24H24N2O3/c1-16(2)29-22-9-5-8-19(15-22)24(28)26-21-12-10-20(11-13-21)25-23(27)18-7-4-6-17(3)14-18/h4-16H,1-3H3,(H,25,27)(H,26,28). The summed E-state index contributed by atoms with van der Waals surface area (Å²) in [7, 11) is 0. The van der Waals surface area contributed by atoms with Crippen molar-refractivity contribution >= 4 is 23.2 Å². The number of hydrogen-bond donors (Lipinski definition) is 2. The molecule has 3 rings (SSSR count). The Kier molecular flexibility index (Phi) is 6.29. The molecule has 0 saturated carbocycles. The van der Waals surface area contributed by atoms with Gasteiger partial charge in [-0.2, -0.15) is 0 Å². The molecule has 0 spiro atoms. The van der Waals surface area contributed by atoms with E-state index in [1.807, 2.05) is 45.0 Å². The molecule has 0 aliphatic heterocycles. The van der Waals surface area contributed by atoms with Crippen LogP contribution in [0.5, 0.6) is 5.75 Å². The average molecular weight is 388 g/mol. The maximum absolute atomic E-state index is 12.5. The number of benzene rings is 3. The normalized spacial score (nSPS) is 10.5. The zero-order valence-corrected chi connectivity index (χ0v) is 16.7. The molecule has 2 N–H and O–H groups in total. The van der Waals surface area contributed by atoms with E-state index in [1.54, 1.807) is 48.5 Å². The first-order chi connectivity index (χ1) is 13.9. The number of amides is 2. The third kappa shape index (κ3) is 5.69. The lowest BCUT2D eigenvalue weighted by Gasteiger charge is -2.11. The van der Waals surface area contributed by atoms with E-state index < -0.39 is 0 Å². The van der Waals surface area contributed by atoms with Crippen LogP contribution < -0.4 is 15.4 Å². The molecule has 0 unspecified atom stereocenters. The van der Waals surface area contributed by atoms with Crippen LogP contribution in [0.1, 0.15) is 40.1 Å². The first-order valence-corrected chi connectivity index (χ1v) is 9.47. The van der Waals surface area contributed by atoms with Crippen molar-refractivity contribution in [2.24, 2.45) is 0 Å². The second kappa shape index (κ2) is 9.06. The van der Waals surface area contributed by atoms with Crippen molar-refractivity contribution in [2.45, 2.75) is 26.9 Å². The van der Waals surface area contributed by atoms with Gasteiger partial charge in [0.05, 0.1) is 6.10 Å². The van der Waals surface area contributed by atoms with Gasteiger partial charge in [-0.25, -0.2) is 0 Å². The predicted molar refractivity (Wildman–Crippen MR) is 116 cm³/mol. The summed E-state index contributed by atoms with van der Waals surface area (Å²) in [5.41, 5.74) is 3.44. The quantitative estimate of drug-likeness (QED) is 0.603. The second-order valence-electron chi connectivity index (χ2n) is 7.05. The van der Waals surface area contributed by atoms with Gasteiger partial charge in [0, 0.05) is 22.5 Å². The van der Waals surface area contributed by atoms with E-state index in [9.17, 15) is 9.59 Å². The van der Waals surface area contributed by atoms with Crippen molar-refractivity contribution < 1.29 is 14.3 Å². The Hall–Kier alpha value is -3.60. The lowest BCUT2D eigenvalue weighted by atomic mass is 10.1. The predicted octanol–water partition coefficient (Wildman–Crippen LogP) is 5.29. The molecule has 0 heterocycles. The molecule has 0 radical (unpaired) electrons. The smallest absolute Gasteiger partial charge is 0.255 e. The highest BCUT2D eigenvalue weighted by atomic mass is 16.5. The number of carbonyl (C=O) groups excluding carboxylic acids is 2. The number of ether oxygens (including phenoxy) is 1. The molecule has 0 saturated heterocycles. The van der Waals surface area contributed by atoms with Crippen LogP contribution >= 0.6 is 0 Å². The van der Waals surface area contributed by atoms with Gasteiger partial charge in [0.1, 0.15) is 5.75 Å². The molecule has 0 aromatic heterocycles. The highest BCUT2D eigenvalue weighted by molar-refractivity contribution is 6.06. The number of hydrogen-bond acceptors (Lipinski definition) is 3. The number of nitrogens with one attached hydrogen (secondary N) is 2. The monoisotopic (exact) mass is 388 g/mol. The number of aryl methyl sites for hydroxylation is 1. The lowest BCUT2D eigenvalue weighted by Crippen LogP contribution is -2.13. The van der Waals surface area contributed by atoms with Crippen LogP contribution in [-0.2, 0) is 0 Å². The fourth-order valence-corrected chi connectivity index (χ4v) is 2.81. The summed E-state index contributed by atoms with van der Waals surface area (Å²) in [6, 6.07) is 21.5. The summed E-state index contributed by atoms with van der Waals surface area (Å²) in [6.45, 7) is 5.82. The molecule has 0 aliphatic rings. The molecule has 5 nitrogen and oxygen atoms in total. The average Bonchev–Trinajstić information content (AvgIpc) is 2.69. The van der Waals surface area contributed by atoms with Crippen molar-refractivity contribution in [1.82, 2.24) is 0 Å². The molecule has 2 amide bonds. The first-order valence-electron chi connectivity index (χ1n) is 9.47. The van der Waals surface area contributed by atoms with Gasteiger partial charge in [-0.3, -0.25) is 9.59 Å². The molecular formula is C24H24N2O3. The SMILES string of the molecule is Cc1cccc(C(=O)Nc2ccc(NC(=O)c3cccc(OC(C)C)c3)cc2)c1. The van der Waals surface area contributed by atoms with Gasteiger partial charge in [-0.15, -0.1) is 0 Å². The van der Waals surface area contributed by atoms with Crippen molar-refractivity contribution in [3.8, 4) is 5.75 Å². The van der Waals surface area contributed by atoms with E-state index in [0.29, 0.717) is 28.3 Å². The molecule has 148 valence electrons. The first kappa shape index (κ1) is 20.1. The Labute approximate surface area is 170 Å². The van der Waals surface area contributed by atoms with E-state index in [2.05, 4.69) is 10.6 Å². The largest absolute Gasteiger partial charge is 0.491 e. The van der Waals surface area contributed by atoms with E-state index in [1.165, 1.54) is 0 Å². The minimum atomic E-state index is -0.226. The summed E-state index contributed by atoms with van der Waals surface area (Å²) in [5.74, 6) is 0.255. The van der Waals surface area contributed by atoms with Gasteiger partial charge in [0.2, 0.25) is 0 Å². The van der Waals surface area contributed by atoms with E-state index in [0.717, 1.165) is 5.56 Å². The fraction of sp³-hybridized carbons (Fsp3) is 0.167. The molecule has 0 fully saturated rings. The molecule has 0 bridgehead atoms. The molecule has 5 heteroatoms. The highest BCUT2D eigenvalue weighted by Gasteiger charge is 2.09. The molecule has 0 aliphatic carbocycles. The summed E-state index contributed by atoms with van der Waals surface area (Å²) in [5, 5.41) is 5.71. The maximum atomic E-state index is 12.5. The number of anilines is 2. The van der Waals surface area contributed by atoms with Crippen LogP contribution in [0.4, 0.5) is 11.4 Å². The topological polar surface area (TPSA) is 67.4 Å². The van der Waals surface area contributed by atoms with Crippen LogP contribution in [-0.4, -0.2) is 17.9 Å². The second-order valence-corrected chi connectivity index (χ2v) is 7.05. The summed E-state index contributed by atoms with van der Waals surface area (Å²) in [6.07, 6.45) is 0.0378. The molecule has 3 aromatic carbocycles. The zero-order valence-electron chi connectivity index (χ0n) is 16.7. The van der Waals surface area contributed by atoms with E-state index >= 15 is 0 Å². The fourth-order valence-electron chi connectivity index (χ4n) is 2.81. The molecule has 3 aromatic rings. The minimum Gasteiger partial charge on any atom is -0.491 e. The lowest BCUT2D eigenvalue weighted by molar-refractivity contribution is 0.101. The highest BCUT2D eigenvalue weighted by Crippen LogP contribution is 2.18. The van der Waals surface area contributed by atoms with Gasteiger partial charge in [-0.05, 0) is 75.4 Å². The number of rotatable bonds is 6. The Morgan fingerprint density at radius 1 is 0.759 bits per heavy atom. The van der Waals surface area contributed by atoms with Crippen LogP contribution in [0.3, 0.4) is 0 Å². The van der Waals surface area contributed by atoms with Crippen LogP contribution in [0.15, 0.2) is 72.8 Å². The summed E-state index contributed by atoms with van der Waals surface area (Å²) in [4.78, 5) is 24.8. The van der Waals surface area contributed by atoms with Crippen LogP contribution in [0, 0.1) is 6.92 Å². The summed E-state index contributed by atoms with van der Waals surface area (Å²) < 4.78 is 5.63. The molecule has 29 heavy (non-hydrogen) atoms. The van der Waals surface area contributed by atoms with Crippen molar-refractivity contribution in [3.05, 3.63) is 89.5 Å². The maximum Gasteiger partial charge on any atom is 0.255 e. The Morgan fingerprint density at radius 3 is 1.79 bits per heavy atom.